The van der Waals surface area contributed by atoms with Crippen LogP contribution < -0.4 is 10.6 Å². The van der Waals surface area contributed by atoms with Gasteiger partial charge in [-0.15, -0.1) is 0 Å². The first-order valence-electron chi connectivity index (χ1n) is 3.42. The van der Waals surface area contributed by atoms with E-state index in [4.69, 9.17) is 0 Å². The standard InChI is InChI=1S/C6H12F2N2/c1-5-2-9-3-6(7,8)4-10-5/h5,9-10H,2-4H2,1H3/t5-/m1/s1. The molecule has 0 aliphatic carbocycles. The van der Waals surface area contributed by atoms with E-state index in [9.17, 15) is 8.78 Å². The van der Waals surface area contributed by atoms with E-state index in [-0.39, 0.29) is 19.1 Å². The predicted octanol–water partition coefficient (Wildman–Crippen LogP) is 0.203. The topological polar surface area (TPSA) is 24.1 Å². The second-order valence-electron chi connectivity index (χ2n) is 2.77. The van der Waals surface area contributed by atoms with E-state index in [2.05, 4.69) is 10.6 Å². The third-order valence-corrected chi connectivity index (χ3v) is 1.54. The number of nitrogens with one attached hydrogen (secondary N) is 2. The molecular formula is C6H12F2N2. The molecule has 1 fully saturated rings. The number of hydrogen-bond acceptors (Lipinski definition) is 2. The van der Waals surface area contributed by atoms with Crippen molar-refractivity contribution in [2.45, 2.75) is 18.9 Å². The Morgan fingerprint density at radius 2 is 2.10 bits per heavy atom. The third-order valence-electron chi connectivity index (χ3n) is 1.54. The van der Waals surface area contributed by atoms with E-state index >= 15 is 0 Å². The van der Waals surface area contributed by atoms with Crippen LogP contribution in [0.5, 0.6) is 0 Å². The van der Waals surface area contributed by atoms with Gasteiger partial charge in [-0.2, -0.15) is 0 Å². The van der Waals surface area contributed by atoms with Crippen LogP contribution in [0.15, 0.2) is 0 Å². The first-order chi connectivity index (χ1) is 4.60. The van der Waals surface area contributed by atoms with Gasteiger partial charge in [0.15, 0.2) is 0 Å². The second-order valence-corrected chi connectivity index (χ2v) is 2.77. The van der Waals surface area contributed by atoms with E-state index < -0.39 is 5.92 Å². The van der Waals surface area contributed by atoms with Crippen molar-refractivity contribution in [2.75, 3.05) is 19.6 Å². The Hall–Kier alpha value is -0.220. The normalized spacial score (nSPS) is 33.3. The molecular weight excluding hydrogens is 138 g/mol. The van der Waals surface area contributed by atoms with E-state index in [1.165, 1.54) is 0 Å². The number of hydrogen-bond donors (Lipinski definition) is 2. The summed E-state index contributed by atoms with van der Waals surface area (Å²) in [5.74, 6) is -2.58. The molecule has 0 spiro atoms. The Morgan fingerprint density at radius 1 is 1.40 bits per heavy atom. The quantitative estimate of drug-likeness (QED) is 0.515. The van der Waals surface area contributed by atoms with Gasteiger partial charge in [0.2, 0.25) is 0 Å². The summed E-state index contributed by atoms with van der Waals surface area (Å²) in [5.41, 5.74) is 0. The minimum Gasteiger partial charge on any atom is -0.310 e. The lowest BCUT2D eigenvalue weighted by molar-refractivity contribution is 0.00971. The van der Waals surface area contributed by atoms with Gasteiger partial charge in [-0.25, -0.2) is 8.78 Å². The fraction of sp³-hybridized carbons (Fsp3) is 1.00. The fourth-order valence-electron chi connectivity index (χ4n) is 0.930. The molecule has 1 heterocycles. The largest absolute Gasteiger partial charge is 0.310 e. The van der Waals surface area contributed by atoms with Gasteiger partial charge in [0.25, 0.3) is 5.92 Å². The summed E-state index contributed by atoms with van der Waals surface area (Å²) in [4.78, 5) is 0. The molecule has 0 aromatic rings. The highest BCUT2D eigenvalue weighted by Crippen LogP contribution is 2.11. The maximum Gasteiger partial charge on any atom is 0.272 e. The zero-order valence-electron chi connectivity index (χ0n) is 5.95. The summed E-state index contributed by atoms with van der Waals surface area (Å²) in [6.07, 6.45) is 0. The Kier molecular flexibility index (Phi) is 2.21. The average Bonchev–Trinajstić information content (AvgIpc) is 1.94. The van der Waals surface area contributed by atoms with Gasteiger partial charge in [-0.05, 0) is 6.92 Å². The van der Waals surface area contributed by atoms with Crippen molar-refractivity contribution in [1.82, 2.24) is 10.6 Å². The van der Waals surface area contributed by atoms with Crippen molar-refractivity contribution in [1.29, 1.82) is 0 Å². The highest BCUT2D eigenvalue weighted by atomic mass is 19.3. The molecule has 0 unspecified atom stereocenters. The van der Waals surface area contributed by atoms with E-state index in [1.54, 1.807) is 0 Å². The molecule has 2 N–H and O–H groups in total. The lowest BCUT2D eigenvalue weighted by atomic mass is 10.3. The van der Waals surface area contributed by atoms with Crippen LogP contribution in [0.3, 0.4) is 0 Å². The smallest absolute Gasteiger partial charge is 0.272 e. The maximum absolute atomic E-state index is 12.5. The minimum absolute atomic E-state index is 0.147. The number of halogens is 2. The Morgan fingerprint density at radius 3 is 2.80 bits per heavy atom. The summed E-state index contributed by atoms with van der Waals surface area (Å²) in [7, 11) is 0. The molecule has 0 aromatic carbocycles. The summed E-state index contributed by atoms with van der Waals surface area (Å²) < 4.78 is 25.0. The molecule has 0 radical (unpaired) electrons. The molecule has 2 nitrogen and oxygen atoms in total. The van der Waals surface area contributed by atoms with Crippen LogP contribution in [-0.2, 0) is 0 Å². The van der Waals surface area contributed by atoms with Crippen LogP contribution in [-0.4, -0.2) is 31.6 Å². The highest BCUT2D eigenvalue weighted by molar-refractivity contribution is 4.80. The molecule has 1 rings (SSSR count). The van der Waals surface area contributed by atoms with Gasteiger partial charge >= 0.3 is 0 Å². The molecule has 0 saturated carbocycles. The van der Waals surface area contributed by atoms with Crippen LogP contribution in [0.4, 0.5) is 8.78 Å². The second kappa shape index (κ2) is 2.80. The van der Waals surface area contributed by atoms with Gasteiger partial charge in [-0.1, -0.05) is 0 Å². The molecule has 0 aromatic heterocycles. The highest BCUT2D eigenvalue weighted by Gasteiger charge is 2.30. The SMILES string of the molecule is C[C@@H]1CNCC(F)(F)CN1. The van der Waals surface area contributed by atoms with E-state index in [1.807, 2.05) is 6.92 Å². The van der Waals surface area contributed by atoms with E-state index in [0.29, 0.717) is 6.54 Å². The Balaban J connectivity index is 2.41. The van der Waals surface area contributed by atoms with Crippen molar-refractivity contribution in [3.63, 3.8) is 0 Å². The van der Waals surface area contributed by atoms with Gasteiger partial charge in [0, 0.05) is 12.6 Å². The molecule has 0 amide bonds. The van der Waals surface area contributed by atoms with Crippen LogP contribution in [0.2, 0.25) is 0 Å². The van der Waals surface area contributed by atoms with Crippen LogP contribution in [0.1, 0.15) is 6.92 Å². The predicted molar refractivity (Wildman–Crippen MR) is 35.3 cm³/mol. The molecule has 1 saturated heterocycles. The van der Waals surface area contributed by atoms with E-state index in [0.717, 1.165) is 0 Å². The van der Waals surface area contributed by atoms with Crippen molar-refractivity contribution in [3.8, 4) is 0 Å². The van der Waals surface area contributed by atoms with Crippen molar-refractivity contribution >= 4 is 0 Å². The Labute approximate surface area is 59.0 Å². The molecule has 10 heavy (non-hydrogen) atoms. The fourth-order valence-corrected chi connectivity index (χ4v) is 0.930. The third kappa shape index (κ3) is 2.19. The van der Waals surface area contributed by atoms with Gasteiger partial charge in [0.1, 0.15) is 0 Å². The van der Waals surface area contributed by atoms with Crippen molar-refractivity contribution < 1.29 is 8.78 Å². The van der Waals surface area contributed by atoms with Crippen LogP contribution >= 0.6 is 0 Å². The summed E-state index contributed by atoms with van der Waals surface area (Å²) in [5, 5.41) is 5.40. The van der Waals surface area contributed by atoms with Crippen molar-refractivity contribution in [3.05, 3.63) is 0 Å². The molecule has 0 bridgehead atoms. The lowest BCUT2D eigenvalue weighted by Gasteiger charge is -2.12. The van der Waals surface area contributed by atoms with Crippen molar-refractivity contribution in [2.24, 2.45) is 0 Å². The van der Waals surface area contributed by atoms with Crippen LogP contribution in [0, 0.1) is 0 Å². The molecule has 4 heteroatoms. The number of alkyl halides is 2. The van der Waals surface area contributed by atoms with Gasteiger partial charge < -0.3 is 10.6 Å². The Bertz CT molecular complexity index is 116. The van der Waals surface area contributed by atoms with Gasteiger partial charge in [0.05, 0.1) is 13.1 Å². The maximum atomic E-state index is 12.5. The number of rotatable bonds is 0. The lowest BCUT2D eigenvalue weighted by Crippen LogP contribution is -2.37. The minimum atomic E-state index is -2.58. The summed E-state index contributed by atoms with van der Waals surface area (Å²) in [6, 6.07) is 0.147. The molecule has 1 aliphatic rings. The monoisotopic (exact) mass is 150 g/mol. The van der Waals surface area contributed by atoms with Gasteiger partial charge in [-0.3, -0.25) is 0 Å². The zero-order valence-corrected chi connectivity index (χ0v) is 5.95. The van der Waals surface area contributed by atoms with Crippen LogP contribution in [0.25, 0.3) is 0 Å². The average molecular weight is 150 g/mol. The first-order valence-corrected chi connectivity index (χ1v) is 3.42. The first kappa shape index (κ1) is 7.88. The molecule has 60 valence electrons. The summed E-state index contributed by atoms with van der Waals surface area (Å²) >= 11 is 0. The summed E-state index contributed by atoms with van der Waals surface area (Å²) in [6.45, 7) is 2.09. The molecule has 1 atom stereocenters. The zero-order chi connectivity index (χ0) is 7.61. The molecule has 1 aliphatic heterocycles.